The second kappa shape index (κ2) is 10.3. The van der Waals surface area contributed by atoms with Gasteiger partial charge in [0.1, 0.15) is 11.2 Å². The summed E-state index contributed by atoms with van der Waals surface area (Å²) in [7, 11) is 0. The largest absolute Gasteiger partial charge is 0.443 e. The fourth-order valence-corrected chi connectivity index (χ4v) is 2.35. The van der Waals surface area contributed by atoms with Gasteiger partial charge in [-0.2, -0.15) is 5.01 Å². The minimum absolute atomic E-state index is 0.400. The standard InChI is InChI=1S/C21H35N3O4/c1-8-9-10-11-12-16-13-14-17(15-22-16)24(19(26)28-21(5,6)7)23-18(25)27-20(2,3)4/h13-15H,8-12H2,1-7H3,(H,23,25). The molecule has 0 saturated carbocycles. The third-order valence-corrected chi connectivity index (χ3v) is 3.53. The highest BCUT2D eigenvalue weighted by Crippen LogP contribution is 2.18. The van der Waals surface area contributed by atoms with Gasteiger partial charge in [0, 0.05) is 5.69 Å². The van der Waals surface area contributed by atoms with Gasteiger partial charge in [0.05, 0.1) is 11.9 Å². The topological polar surface area (TPSA) is 80.8 Å². The average Bonchev–Trinajstić information content (AvgIpc) is 2.54. The van der Waals surface area contributed by atoms with Gasteiger partial charge in [0.25, 0.3) is 0 Å². The zero-order valence-electron chi connectivity index (χ0n) is 18.3. The Balaban J connectivity index is 2.91. The number of anilines is 1. The van der Waals surface area contributed by atoms with Crippen molar-refractivity contribution in [3.05, 3.63) is 24.0 Å². The van der Waals surface area contributed by atoms with Gasteiger partial charge in [0.2, 0.25) is 0 Å². The average molecular weight is 394 g/mol. The first-order valence-corrected chi connectivity index (χ1v) is 9.89. The number of hydrogen-bond donors (Lipinski definition) is 1. The van der Waals surface area contributed by atoms with Gasteiger partial charge in [-0.3, -0.25) is 4.98 Å². The molecular formula is C21H35N3O4. The van der Waals surface area contributed by atoms with Crippen LogP contribution in [0.4, 0.5) is 15.3 Å². The van der Waals surface area contributed by atoms with Crippen molar-refractivity contribution in [2.75, 3.05) is 5.01 Å². The molecule has 1 aromatic rings. The Morgan fingerprint density at radius 3 is 2.14 bits per heavy atom. The van der Waals surface area contributed by atoms with Crippen LogP contribution in [0.2, 0.25) is 0 Å². The maximum absolute atomic E-state index is 12.6. The van der Waals surface area contributed by atoms with Crippen LogP contribution in [0.25, 0.3) is 0 Å². The summed E-state index contributed by atoms with van der Waals surface area (Å²) < 4.78 is 10.6. The SMILES string of the molecule is CCCCCCc1ccc(N(NC(=O)OC(C)(C)C)C(=O)OC(C)(C)C)cn1. The van der Waals surface area contributed by atoms with Gasteiger partial charge in [-0.05, 0) is 66.5 Å². The van der Waals surface area contributed by atoms with Crippen LogP contribution in [0.1, 0.15) is 79.8 Å². The quantitative estimate of drug-likeness (QED) is 0.518. The molecule has 0 spiro atoms. The fourth-order valence-electron chi connectivity index (χ4n) is 2.35. The van der Waals surface area contributed by atoms with Crippen LogP contribution in [0, 0.1) is 0 Å². The van der Waals surface area contributed by atoms with Crippen LogP contribution in [0.3, 0.4) is 0 Å². The molecule has 1 N–H and O–H groups in total. The Hall–Kier alpha value is -2.31. The summed E-state index contributed by atoms with van der Waals surface area (Å²) in [5.74, 6) is 0. The highest BCUT2D eigenvalue weighted by molar-refractivity contribution is 5.90. The molecule has 2 amide bonds. The predicted molar refractivity (Wildman–Crippen MR) is 110 cm³/mol. The van der Waals surface area contributed by atoms with Crippen molar-refractivity contribution in [3.63, 3.8) is 0 Å². The maximum Gasteiger partial charge on any atom is 0.434 e. The molecule has 0 aliphatic rings. The lowest BCUT2D eigenvalue weighted by Gasteiger charge is -2.28. The number of nitrogens with one attached hydrogen (secondary N) is 1. The van der Waals surface area contributed by atoms with Crippen LogP contribution in [-0.4, -0.2) is 28.4 Å². The number of rotatable bonds is 6. The molecule has 0 unspecified atom stereocenters. The maximum atomic E-state index is 12.6. The van der Waals surface area contributed by atoms with Crippen molar-refractivity contribution < 1.29 is 19.1 Å². The number of unbranched alkanes of at least 4 members (excludes halogenated alkanes) is 3. The molecular weight excluding hydrogens is 358 g/mol. The first-order chi connectivity index (χ1) is 12.9. The van der Waals surface area contributed by atoms with Crippen molar-refractivity contribution in [2.24, 2.45) is 0 Å². The molecule has 7 heteroatoms. The van der Waals surface area contributed by atoms with Gasteiger partial charge in [-0.15, -0.1) is 0 Å². The number of carbonyl (C=O) groups excluding carboxylic acids is 2. The lowest BCUT2D eigenvalue weighted by molar-refractivity contribution is 0.0425. The number of hydrazine groups is 1. The highest BCUT2D eigenvalue weighted by Gasteiger charge is 2.27. The Bertz CT molecular complexity index is 631. The van der Waals surface area contributed by atoms with E-state index >= 15 is 0 Å². The van der Waals surface area contributed by atoms with Crippen LogP contribution in [0.5, 0.6) is 0 Å². The molecule has 7 nitrogen and oxygen atoms in total. The second-order valence-electron chi connectivity index (χ2n) is 8.75. The Labute approximate surface area is 168 Å². The summed E-state index contributed by atoms with van der Waals surface area (Å²) in [6.45, 7) is 12.7. The first-order valence-electron chi connectivity index (χ1n) is 9.89. The Kier molecular flexibility index (Phi) is 8.72. The van der Waals surface area contributed by atoms with Crippen LogP contribution >= 0.6 is 0 Å². The van der Waals surface area contributed by atoms with E-state index in [0.29, 0.717) is 5.69 Å². The molecule has 0 bridgehead atoms. The molecule has 0 fully saturated rings. The number of ether oxygens (including phenoxy) is 2. The molecule has 1 heterocycles. The van der Waals surface area contributed by atoms with E-state index in [0.717, 1.165) is 23.5 Å². The van der Waals surface area contributed by atoms with Crippen LogP contribution < -0.4 is 10.4 Å². The van der Waals surface area contributed by atoms with Gasteiger partial charge >= 0.3 is 12.2 Å². The lowest BCUT2D eigenvalue weighted by atomic mass is 10.1. The van der Waals surface area contributed by atoms with Gasteiger partial charge in [-0.1, -0.05) is 26.2 Å². The van der Waals surface area contributed by atoms with E-state index < -0.39 is 23.4 Å². The molecule has 1 aromatic heterocycles. The third kappa shape index (κ3) is 9.58. The molecule has 28 heavy (non-hydrogen) atoms. The third-order valence-electron chi connectivity index (χ3n) is 3.53. The number of aryl methyl sites for hydroxylation is 1. The number of amides is 2. The number of carbonyl (C=O) groups is 2. The second-order valence-corrected chi connectivity index (χ2v) is 8.75. The molecule has 158 valence electrons. The summed E-state index contributed by atoms with van der Waals surface area (Å²) in [5, 5.41) is 1.02. The first kappa shape index (κ1) is 23.7. The van der Waals surface area contributed by atoms with Crippen LogP contribution in [0.15, 0.2) is 18.3 Å². The van der Waals surface area contributed by atoms with Crippen LogP contribution in [-0.2, 0) is 15.9 Å². The van der Waals surface area contributed by atoms with Crippen molar-refractivity contribution in [2.45, 2.75) is 91.8 Å². The van der Waals surface area contributed by atoms with E-state index in [1.54, 1.807) is 53.8 Å². The summed E-state index contributed by atoms with van der Waals surface area (Å²) in [6.07, 6.45) is 5.62. The molecule has 0 atom stereocenters. The molecule has 0 aromatic carbocycles. The molecule has 0 radical (unpaired) electrons. The van der Waals surface area contributed by atoms with Crippen molar-refractivity contribution in [1.29, 1.82) is 0 Å². The molecule has 1 rings (SSSR count). The smallest absolute Gasteiger partial charge is 0.434 e. The lowest BCUT2D eigenvalue weighted by Crippen LogP contribution is -2.50. The van der Waals surface area contributed by atoms with E-state index in [2.05, 4.69) is 17.3 Å². The van der Waals surface area contributed by atoms with Crippen molar-refractivity contribution >= 4 is 17.9 Å². The van der Waals surface area contributed by atoms with Gasteiger partial charge < -0.3 is 9.47 Å². The van der Waals surface area contributed by atoms with Gasteiger partial charge in [-0.25, -0.2) is 15.0 Å². The van der Waals surface area contributed by atoms with E-state index in [1.165, 1.54) is 19.3 Å². The number of hydrogen-bond acceptors (Lipinski definition) is 5. The zero-order chi connectivity index (χ0) is 21.4. The zero-order valence-corrected chi connectivity index (χ0v) is 18.3. The Morgan fingerprint density at radius 1 is 1.00 bits per heavy atom. The fraction of sp³-hybridized carbons (Fsp3) is 0.667. The Morgan fingerprint density at radius 2 is 1.64 bits per heavy atom. The number of aromatic nitrogens is 1. The monoisotopic (exact) mass is 393 g/mol. The van der Waals surface area contributed by atoms with Crippen molar-refractivity contribution in [1.82, 2.24) is 10.4 Å². The molecule has 0 aliphatic carbocycles. The highest BCUT2D eigenvalue weighted by atomic mass is 16.6. The van der Waals surface area contributed by atoms with E-state index in [9.17, 15) is 9.59 Å². The number of nitrogens with zero attached hydrogens (tertiary/aromatic N) is 2. The van der Waals surface area contributed by atoms with E-state index in [-0.39, 0.29) is 0 Å². The number of pyridine rings is 1. The summed E-state index contributed by atoms with van der Waals surface area (Å²) in [5.41, 5.74) is 2.39. The summed E-state index contributed by atoms with van der Waals surface area (Å²) >= 11 is 0. The normalized spacial score (nSPS) is 11.7. The van der Waals surface area contributed by atoms with Gasteiger partial charge in [0.15, 0.2) is 0 Å². The van der Waals surface area contributed by atoms with E-state index in [1.807, 2.05) is 6.07 Å². The summed E-state index contributed by atoms with van der Waals surface area (Å²) in [6, 6.07) is 3.60. The predicted octanol–water partition coefficient (Wildman–Crippen LogP) is 5.39. The summed E-state index contributed by atoms with van der Waals surface area (Å²) in [4.78, 5) is 29.2. The minimum atomic E-state index is -0.748. The molecule has 0 aliphatic heterocycles. The molecule has 0 saturated heterocycles. The van der Waals surface area contributed by atoms with E-state index in [4.69, 9.17) is 9.47 Å². The van der Waals surface area contributed by atoms with Crippen molar-refractivity contribution in [3.8, 4) is 0 Å². The minimum Gasteiger partial charge on any atom is -0.443 e.